The van der Waals surface area contributed by atoms with Crippen LogP contribution in [-0.2, 0) is 9.59 Å². The van der Waals surface area contributed by atoms with Crippen LogP contribution in [0.2, 0.25) is 10.0 Å². The lowest BCUT2D eigenvalue weighted by Crippen LogP contribution is -2.50. The summed E-state index contributed by atoms with van der Waals surface area (Å²) in [5.74, 6) is -1.69. The predicted octanol–water partition coefficient (Wildman–Crippen LogP) is 5.48. The maximum absolute atomic E-state index is 14.1. The molecule has 2 heterocycles. The molecule has 1 aliphatic rings. The van der Waals surface area contributed by atoms with Gasteiger partial charge in [0, 0.05) is 46.7 Å². The second kappa shape index (κ2) is 11.3. The van der Waals surface area contributed by atoms with Gasteiger partial charge < -0.3 is 10.4 Å². The number of ketones is 1. The molecule has 0 bridgehead atoms. The van der Waals surface area contributed by atoms with Gasteiger partial charge in [-0.15, -0.1) is 0 Å². The summed E-state index contributed by atoms with van der Waals surface area (Å²) in [5, 5.41) is 14.1. The molecule has 1 aliphatic heterocycles. The highest BCUT2D eigenvalue weighted by Crippen LogP contribution is 2.40. The van der Waals surface area contributed by atoms with Gasteiger partial charge in [-0.2, -0.15) is 0 Å². The minimum atomic E-state index is -0.838. The summed E-state index contributed by atoms with van der Waals surface area (Å²) in [4.78, 5) is 34.4. The van der Waals surface area contributed by atoms with Gasteiger partial charge in [-0.1, -0.05) is 54.4 Å². The van der Waals surface area contributed by atoms with Crippen molar-refractivity contribution in [1.29, 1.82) is 0 Å². The van der Waals surface area contributed by atoms with Crippen LogP contribution in [0.4, 0.5) is 0 Å². The maximum Gasteiger partial charge on any atom is 0.303 e. The zero-order chi connectivity index (χ0) is 24.9. The molecule has 1 aromatic heterocycles. The Kier molecular flexibility index (Phi) is 8.16. The summed E-state index contributed by atoms with van der Waals surface area (Å²) in [6, 6.07) is 16.2. The van der Waals surface area contributed by atoms with Crippen molar-refractivity contribution in [2.45, 2.75) is 43.6 Å². The minimum Gasteiger partial charge on any atom is -0.481 e. The highest BCUT2D eigenvalue weighted by atomic mass is 35.5. The van der Waals surface area contributed by atoms with E-state index in [-0.39, 0.29) is 30.1 Å². The van der Waals surface area contributed by atoms with E-state index < -0.39 is 17.8 Å². The fraction of sp³-hybridized carbons (Fsp3) is 0.333. The average molecular weight is 512 g/mol. The van der Waals surface area contributed by atoms with Gasteiger partial charge in [-0.25, -0.2) is 9.97 Å². The largest absolute Gasteiger partial charge is 0.481 e. The lowest BCUT2D eigenvalue weighted by Gasteiger charge is -2.41. The summed E-state index contributed by atoms with van der Waals surface area (Å²) < 4.78 is 0. The van der Waals surface area contributed by atoms with Crippen LogP contribution in [0.5, 0.6) is 0 Å². The Labute approximate surface area is 214 Å². The first-order valence-corrected chi connectivity index (χ1v) is 12.4. The number of piperidine rings is 1. The first kappa shape index (κ1) is 25.3. The van der Waals surface area contributed by atoms with Gasteiger partial charge in [0.05, 0.1) is 5.92 Å². The van der Waals surface area contributed by atoms with E-state index in [0.717, 1.165) is 11.1 Å². The molecular formula is C27H27Cl2N3O3. The number of aromatic nitrogens is 2. The first-order chi connectivity index (χ1) is 16.8. The Bertz CT molecular complexity index is 1170. The van der Waals surface area contributed by atoms with Gasteiger partial charge in [-0.05, 0) is 60.3 Å². The molecule has 0 amide bonds. The van der Waals surface area contributed by atoms with E-state index in [9.17, 15) is 14.7 Å². The Hall–Kier alpha value is -2.80. The Morgan fingerprint density at radius 1 is 1.06 bits per heavy atom. The smallest absolute Gasteiger partial charge is 0.303 e. The lowest BCUT2D eigenvalue weighted by atomic mass is 9.71. The van der Waals surface area contributed by atoms with E-state index in [1.54, 1.807) is 36.7 Å². The van der Waals surface area contributed by atoms with Crippen molar-refractivity contribution in [3.63, 3.8) is 0 Å². The highest BCUT2D eigenvalue weighted by Gasteiger charge is 2.43. The summed E-state index contributed by atoms with van der Waals surface area (Å²) in [6.07, 6.45) is 3.94. The summed E-state index contributed by atoms with van der Waals surface area (Å²) in [6.45, 7) is 2.37. The molecule has 0 radical (unpaired) electrons. The molecular weight excluding hydrogens is 485 g/mol. The summed E-state index contributed by atoms with van der Waals surface area (Å²) >= 11 is 12.4. The molecule has 0 spiro atoms. The fourth-order valence-corrected chi connectivity index (χ4v) is 5.31. The third kappa shape index (κ3) is 6.07. The number of halogens is 2. The van der Waals surface area contributed by atoms with Crippen molar-refractivity contribution in [2.75, 3.05) is 6.54 Å². The van der Waals surface area contributed by atoms with Crippen molar-refractivity contribution in [3.05, 3.63) is 94.0 Å². The molecule has 1 fully saturated rings. The number of carboxylic acids is 1. The van der Waals surface area contributed by atoms with Gasteiger partial charge in [0.15, 0.2) is 5.78 Å². The highest BCUT2D eigenvalue weighted by molar-refractivity contribution is 6.30. The second-order valence-corrected chi connectivity index (χ2v) is 9.93. The number of hydrogen-bond donors (Lipinski definition) is 2. The monoisotopic (exact) mass is 511 g/mol. The van der Waals surface area contributed by atoms with Crippen LogP contribution in [0, 0.1) is 5.92 Å². The van der Waals surface area contributed by atoms with Crippen molar-refractivity contribution in [1.82, 2.24) is 15.3 Å². The zero-order valence-corrected chi connectivity index (χ0v) is 20.8. The molecule has 35 heavy (non-hydrogen) atoms. The SMILES string of the molecule is C[C@@H](C(=O)C(c1ncccn1)[C@H]1NC[C@@H](CC(=O)O)C[C@@H]1c1cccc(Cl)c1)c1ccc(Cl)cc1. The van der Waals surface area contributed by atoms with Crippen LogP contribution in [0.25, 0.3) is 0 Å². The van der Waals surface area contributed by atoms with Crippen molar-refractivity contribution in [3.8, 4) is 0 Å². The fourth-order valence-electron chi connectivity index (χ4n) is 4.99. The van der Waals surface area contributed by atoms with Gasteiger partial charge >= 0.3 is 5.97 Å². The summed E-state index contributed by atoms with van der Waals surface area (Å²) in [7, 11) is 0. The predicted molar refractivity (Wildman–Crippen MR) is 136 cm³/mol. The van der Waals surface area contributed by atoms with E-state index in [4.69, 9.17) is 23.2 Å². The van der Waals surface area contributed by atoms with E-state index in [0.29, 0.717) is 28.8 Å². The van der Waals surface area contributed by atoms with Crippen LogP contribution < -0.4 is 5.32 Å². The number of benzene rings is 2. The Morgan fingerprint density at radius 3 is 2.43 bits per heavy atom. The van der Waals surface area contributed by atoms with Crippen LogP contribution >= 0.6 is 23.2 Å². The molecule has 2 aromatic carbocycles. The molecule has 5 atom stereocenters. The van der Waals surface area contributed by atoms with E-state index in [1.165, 1.54) is 0 Å². The molecule has 1 unspecified atom stereocenters. The first-order valence-electron chi connectivity index (χ1n) is 11.6. The topological polar surface area (TPSA) is 92.2 Å². The zero-order valence-electron chi connectivity index (χ0n) is 19.3. The van der Waals surface area contributed by atoms with Crippen molar-refractivity contribution < 1.29 is 14.7 Å². The van der Waals surface area contributed by atoms with Crippen molar-refractivity contribution in [2.24, 2.45) is 5.92 Å². The minimum absolute atomic E-state index is 0.0141. The third-order valence-electron chi connectivity index (χ3n) is 6.73. The van der Waals surface area contributed by atoms with E-state index >= 15 is 0 Å². The molecule has 182 valence electrons. The van der Waals surface area contributed by atoms with Crippen LogP contribution in [0.3, 0.4) is 0 Å². The molecule has 6 nitrogen and oxygen atoms in total. The number of hydrogen-bond acceptors (Lipinski definition) is 5. The lowest BCUT2D eigenvalue weighted by molar-refractivity contribution is -0.138. The second-order valence-electron chi connectivity index (χ2n) is 9.06. The van der Waals surface area contributed by atoms with Gasteiger partial charge in [-0.3, -0.25) is 9.59 Å². The normalized spacial score (nSPS) is 21.7. The number of nitrogens with one attached hydrogen (secondary N) is 1. The standard InChI is InChI=1S/C27H27Cl2N3O3/c1-16(18-6-8-20(28)9-7-18)26(35)24(27-30-10-3-11-31-27)25-22(19-4-2-5-21(29)14-19)12-17(15-32-25)13-23(33)34/h2-11,14,16-17,22,24-25,32H,12-13,15H2,1H3,(H,33,34)/t16-,17-,22-,24?,25+/m1/s1. The number of nitrogens with zero attached hydrogens (tertiary/aromatic N) is 2. The number of aliphatic carboxylic acids is 1. The van der Waals surface area contributed by atoms with Gasteiger partial charge in [0.1, 0.15) is 5.82 Å². The van der Waals surface area contributed by atoms with E-state index in [2.05, 4.69) is 15.3 Å². The average Bonchev–Trinajstić information content (AvgIpc) is 2.85. The number of carbonyl (C=O) groups excluding carboxylic acids is 1. The Balaban J connectivity index is 1.74. The molecule has 0 aliphatic carbocycles. The van der Waals surface area contributed by atoms with Crippen LogP contribution in [0.15, 0.2) is 67.0 Å². The van der Waals surface area contributed by atoms with Crippen LogP contribution in [-0.4, -0.2) is 39.4 Å². The van der Waals surface area contributed by atoms with Gasteiger partial charge in [0.2, 0.25) is 0 Å². The quantitative estimate of drug-likeness (QED) is 0.416. The molecule has 0 saturated carbocycles. The number of rotatable bonds is 8. The molecule has 2 N–H and O–H groups in total. The third-order valence-corrected chi connectivity index (χ3v) is 7.22. The Morgan fingerprint density at radius 2 is 1.77 bits per heavy atom. The molecule has 4 rings (SSSR count). The molecule has 3 aromatic rings. The number of carboxylic acid groups (broad SMARTS) is 1. The molecule has 1 saturated heterocycles. The maximum atomic E-state index is 14.1. The van der Waals surface area contributed by atoms with Crippen LogP contribution in [0.1, 0.15) is 54.5 Å². The number of carbonyl (C=O) groups is 2. The number of Topliss-reactive ketones (excluding diaryl/α,β-unsaturated/α-hetero) is 1. The van der Waals surface area contributed by atoms with Gasteiger partial charge in [0.25, 0.3) is 0 Å². The summed E-state index contributed by atoms with van der Waals surface area (Å²) in [5.41, 5.74) is 1.82. The van der Waals surface area contributed by atoms with Crippen molar-refractivity contribution >= 4 is 35.0 Å². The molecule has 8 heteroatoms. The van der Waals surface area contributed by atoms with E-state index in [1.807, 2.05) is 37.3 Å².